The second-order valence-corrected chi connectivity index (χ2v) is 7.87. The number of rotatable bonds is 7. The van der Waals surface area contributed by atoms with Gasteiger partial charge in [0.05, 0.1) is 18.8 Å². The molecule has 27 heavy (non-hydrogen) atoms. The lowest BCUT2D eigenvalue weighted by Crippen LogP contribution is -2.51. The lowest BCUT2D eigenvalue weighted by Gasteiger charge is -2.46. The van der Waals surface area contributed by atoms with Gasteiger partial charge in [0.15, 0.2) is 0 Å². The Morgan fingerprint density at radius 2 is 1.85 bits per heavy atom. The van der Waals surface area contributed by atoms with Gasteiger partial charge in [-0.15, -0.1) is 0 Å². The van der Waals surface area contributed by atoms with Crippen molar-refractivity contribution in [2.24, 2.45) is 11.1 Å². The fourth-order valence-corrected chi connectivity index (χ4v) is 4.35. The van der Waals surface area contributed by atoms with Gasteiger partial charge in [0, 0.05) is 12.6 Å². The van der Waals surface area contributed by atoms with Crippen LogP contribution in [0.4, 0.5) is 4.39 Å². The monoisotopic (exact) mass is 370 g/mol. The molecule has 0 bridgehead atoms. The van der Waals surface area contributed by atoms with Crippen LogP contribution in [0.3, 0.4) is 0 Å². The molecule has 5 heteroatoms. The Kier molecular flexibility index (Phi) is 5.43. The van der Waals surface area contributed by atoms with Gasteiger partial charge < -0.3 is 20.5 Å². The van der Waals surface area contributed by atoms with Gasteiger partial charge in [0.2, 0.25) is 0 Å². The normalized spacial score (nSPS) is 28.1. The van der Waals surface area contributed by atoms with Crippen LogP contribution >= 0.6 is 0 Å². The molecule has 4 nitrogen and oxygen atoms in total. The summed E-state index contributed by atoms with van der Waals surface area (Å²) in [7, 11) is 0. The Balaban J connectivity index is 1.39. The minimum absolute atomic E-state index is 0.0146. The van der Waals surface area contributed by atoms with Crippen molar-refractivity contribution in [3.63, 3.8) is 0 Å². The number of nitrogens with two attached hydrogens (primary N) is 1. The van der Waals surface area contributed by atoms with Gasteiger partial charge in [-0.3, -0.25) is 0 Å². The maximum atomic E-state index is 13.3. The van der Waals surface area contributed by atoms with E-state index in [0.29, 0.717) is 19.2 Å². The van der Waals surface area contributed by atoms with Crippen LogP contribution in [0.5, 0.6) is 5.75 Å². The van der Waals surface area contributed by atoms with E-state index in [1.807, 2.05) is 42.5 Å². The molecule has 2 fully saturated rings. The first-order valence-electron chi connectivity index (χ1n) is 9.67. The van der Waals surface area contributed by atoms with Crippen molar-refractivity contribution in [2.45, 2.75) is 37.5 Å². The van der Waals surface area contributed by atoms with Gasteiger partial charge >= 0.3 is 0 Å². The summed E-state index contributed by atoms with van der Waals surface area (Å²) in [6, 6.07) is 16.9. The molecule has 0 aromatic heterocycles. The van der Waals surface area contributed by atoms with Crippen molar-refractivity contribution in [1.29, 1.82) is 0 Å². The summed E-state index contributed by atoms with van der Waals surface area (Å²) in [4.78, 5) is 0. The number of nitrogens with one attached hydrogen (secondary N) is 1. The van der Waals surface area contributed by atoms with Crippen LogP contribution in [0.2, 0.25) is 0 Å². The minimum atomic E-state index is -0.222. The maximum Gasteiger partial charge on any atom is 0.123 e. The summed E-state index contributed by atoms with van der Waals surface area (Å²) in [5.41, 5.74) is 7.07. The van der Waals surface area contributed by atoms with Crippen molar-refractivity contribution in [2.75, 3.05) is 19.8 Å². The molecular weight excluding hydrogens is 343 g/mol. The molecular formula is C22H27FN2O2. The first-order chi connectivity index (χ1) is 13.2. The number of halogens is 1. The van der Waals surface area contributed by atoms with Crippen LogP contribution in [-0.2, 0) is 4.74 Å². The second-order valence-electron chi connectivity index (χ2n) is 7.87. The Bertz CT molecular complexity index is 732. The molecule has 1 aliphatic carbocycles. The molecule has 2 atom stereocenters. The Labute approximate surface area is 159 Å². The summed E-state index contributed by atoms with van der Waals surface area (Å²) < 4.78 is 25.1. The molecule has 2 aromatic carbocycles. The zero-order chi connectivity index (χ0) is 18.7. The lowest BCUT2D eigenvalue weighted by atomic mass is 9.64. The molecule has 1 aliphatic heterocycles. The number of hydrogen-bond donors (Lipinski definition) is 2. The van der Waals surface area contributed by atoms with Crippen LogP contribution in [-0.4, -0.2) is 31.9 Å². The Hall–Kier alpha value is -1.95. The fraction of sp³-hybridized carbons (Fsp3) is 0.455. The minimum Gasteiger partial charge on any atom is -0.492 e. The van der Waals surface area contributed by atoms with Gasteiger partial charge in [-0.05, 0) is 54.5 Å². The number of hydrogen-bond acceptors (Lipinski definition) is 4. The number of para-hydroxylation sites is 1. The molecule has 0 amide bonds. The van der Waals surface area contributed by atoms with Crippen molar-refractivity contribution in [1.82, 2.24) is 5.32 Å². The molecule has 1 saturated heterocycles. The number of ether oxygens (including phenoxy) is 2. The van der Waals surface area contributed by atoms with E-state index >= 15 is 0 Å². The Morgan fingerprint density at radius 1 is 1.11 bits per heavy atom. The molecule has 2 unspecified atom stereocenters. The SMILES string of the molecule is NCC1CC2(CO1)CC(NC(COc1ccccc1)c1ccc(F)cc1)C2. The molecule has 2 aromatic rings. The third-order valence-corrected chi connectivity index (χ3v) is 5.78. The first kappa shape index (κ1) is 18.4. The van der Waals surface area contributed by atoms with Crippen molar-refractivity contribution < 1.29 is 13.9 Å². The standard InChI is InChI=1S/C22H27FN2O2/c23-17-8-6-16(7-9-17)21(14-26-19-4-2-1-3-5-19)25-18-10-22(11-18)12-20(13-24)27-15-22/h1-9,18,20-21,25H,10-15,24H2. The molecule has 3 N–H and O–H groups in total. The maximum absolute atomic E-state index is 13.3. The summed E-state index contributed by atoms with van der Waals surface area (Å²) in [6.45, 7) is 1.92. The number of benzene rings is 2. The van der Waals surface area contributed by atoms with E-state index in [9.17, 15) is 4.39 Å². The van der Waals surface area contributed by atoms with Gasteiger partial charge in [-0.25, -0.2) is 4.39 Å². The van der Waals surface area contributed by atoms with Crippen LogP contribution in [0.15, 0.2) is 54.6 Å². The quantitative estimate of drug-likeness (QED) is 0.784. The third-order valence-electron chi connectivity index (χ3n) is 5.78. The van der Waals surface area contributed by atoms with E-state index in [1.54, 1.807) is 0 Å². The van der Waals surface area contributed by atoms with Crippen molar-refractivity contribution in [3.05, 3.63) is 66.0 Å². The van der Waals surface area contributed by atoms with E-state index < -0.39 is 0 Å². The zero-order valence-electron chi connectivity index (χ0n) is 15.4. The predicted molar refractivity (Wildman–Crippen MR) is 103 cm³/mol. The first-order valence-corrected chi connectivity index (χ1v) is 9.67. The average molecular weight is 370 g/mol. The van der Waals surface area contributed by atoms with E-state index in [2.05, 4.69) is 5.32 Å². The van der Waals surface area contributed by atoms with Crippen molar-refractivity contribution >= 4 is 0 Å². The van der Waals surface area contributed by atoms with E-state index in [-0.39, 0.29) is 23.4 Å². The van der Waals surface area contributed by atoms with Gasteiger partial charge in [0.1, 0.15) is 18.2 Å². The highest BCUT2D eigenvalue weighted by Gasteiger charge is 2.49. The molecule has 2 aliphatic rings. The van der Waals surface area contributed by atoms with Gasteiger partial charge in [-0.2, -0.15) is 0 Å². The summed E-state index contributed by atoms with van der Waals surface area (Å²) in [5.74, 6) is 0.617. The molecule has 4 rings (SSSR count). The van der Waals surface area contributed by atoms with E-state index in [4.69, 9.17) is 15.2 Å². The molecule has 0 radical (unpaired) electrons. The van der Waals surface area contributed by atoms with Crippen molar-refractivity contribution in [3.8, 4) is 5.75 Å². The van der Waals surface area contributed by atoms with Crippen LogP contribution < -0.4 is 15.8 Å². The highest BCUT2D eigenvalue weighted by molar-refractivity contribution is 5.23. The molecule has 1 saturated carbocycles. The molecule has 1 spiro atoms. The largest absolute Gasteiger partial charge is 0.492 e. The van der Waals surface area contributed by atoms with Crippen LogP contribution in [0.25, 0.3) is 0 Å². The van der Waals surface area contributed by atoms with Crippen LogP contribution in [0, 0.1) is 11.2 Å². The zero-order valence-corrected chi connectivity index (χ0v) is 15.4. The average Bonchev–Trinajstić information content (AvgIpc) is 3.11. The van der Waals surface area contributed by atoms with Crippen LogP contribution in [0.1, 0.15) is 30.9 Å². The summed E-state index contributed by atoms with van der Waals surface area (Å²) in [5, 5.41) is 3.71. The highest BCUT2D eigenvalue weighted by atomic mass is 19.1. The van der Waals surface area contributed by atoms with Gasteiger partial charge in [0.25, 0.3) is 0 Å². The highest BCUT2D eigenvalue weighted by Crippen LogP contribution is 2.49. The summed E-state index contributed by atoms with van der Waals surface area (Å²) >= 11 is 0. The van der Waals surface area contributed by atoms with Gasteiger partial charge in [-0.1, -0.05) is 30.3 Å². The topological polar surface area (TPSA) is 56.5 Å². The fourth-order valence-electron chi connectivity index (χ4n) is 4.35. The summed E-state index contributed by atoms with van der Waals surface area (Å²) in [6.07, 6.45) is 3.45. The second kappa shape index (κ2) is 7.97. The van der Waals surface area contributed by atoms with E-state index in [1.165, 1.54) is 12.1 Å². The predicted octanol–water partition coefficient (Wildman–Crippen LogP) is 3.43. The Morgan fingerprint density at radius 3 is 2.52 bits per heavy atom. The smallest absolute Gasteiger partial charge is 0.123 e. The lowest BCUT2D eigenvalue weighted by molar-refractivity contribution is 0.0426. The third kappa shape index (κ3) is 4.32. The molecule has 144 valence electrons. The molecule has 1 heterocycles. The van der Waals surface area contributed by atoms with E-state index in [0.717, 1.165) is 37.2 Å².